The maximum Gasteiger partial charge on any atom is 0.123 e. The van der Waals surface area contributed by atoms with E-state index in [1.807, 2.05) is 6.07 Å². The van der Waals surface area contributed by atoms with Crippen molar-refractivity contribution < 1.29 is 4.74 Å². The van der Waals surface area contributed by atoms with E-state index in [2.05, 4.69) is 22.1 Å². The Hall–Kier alpha value is -1.88. The van der Waals surface area contributed by atoms with Gasteiger partial charge in [-0.1, -0.05) is 0 Å². The molecule has 0 unspecified atom stereocenters. The van der Waals surface area contributed by atoms with E-state index in [1.54, 1.807) is 12.3 Å². The van der Waals surface area contributed by atoms with Crippen LogP contribution in [0.2, 0.25) is 0 Å². The van der Waals surface area contributed by atoms with Crippen LogP contribution in [0, 0.1) is 0 Å². The third kappa shape index (κ3) is 1.97. The van der Waals surface area contributed by atoms with Crippen molar-refractivity contribution in [3.05, 3.63) is 29.6 Å². The minimum Gasteiger partial charge on any atom is -0.384 e. The van der Waals surface area contributed by atoms with Gasteiger partial charge >= 0.3 is 0 Å². The quantitative estimate of drug-likeness (QED) is 0.798. The minimum atomic E-state index is 0.240. The van der Waals surface area contributed by atoms with Crippen molar-refractivity contribution >= 4 is 5.82 Å². The number of nitrogen functional groups attached to an aromatic ring is 1. The number of ether oxygens (including phenoxy) is 1. The van der Waals surface area contributed by atoms with Crippen LogP contribution in [-0.4, -0.2) is 27.9 Å². The summed E-state index contributed by atoms with van der Waals surface area (Å²) in [6.45, 7) is 2.82. The number of nitrogens with one attached hydrogen (secondary N) is 1. The Morgan fingerprint density at radius 3 is 3.11 bits per heavy atom. The molecule has 0 aliphatic carbocycles. The average Bonchev–Trinajstić information content (AvgIpc) is 2.65. The number of H-pyrrole nitrogens is 1. The maximum absolute atomic E-state index is 5.67. The molecule has 1 aliphatic rings. The number of nitrogens with zero attached hydrogens (tertiary/aromatic N) is 2. The fourth-order valence-corrected chi connectivity index (χ4v) is 2.33. The van der Waals surface area contributed by atoms with E-state index in [0.717, 1.165) is 30.7 Å². The van der Waals surface area contributed by atoms with Crippen LogP contribution in [0.4, 0.5) is 5.82 Å². The van der Waals surface area contributed by atoms with E-state index in [4.69, 9.17) is 10.5 Å². The molecule has 94 valence electrons. The topological polar surface area (TPSA) is 76.8 Å². The number of hydrogen-bond donors (Lipinski definition) is 2. The van der Waals surface area contributed by atoms with Crippen molar-refractivity contribution in [1.29, 1.82) is 0 Å². The van der Waals surface area contributed by atoms with Gasteiger partial charge < -0.3 is 10.5 Å². The molecule has 0 saturated carbocycles. The van der Waals surface area contributed by atoms with Gasteiger partial charge in [-0.3, -0.25) is 5.10 Å². The highest BCUT2D eigenvalue weighted by Crippen LogP contribution is 2.27. The van der Waals surface area contributed by atoms with E-state index in [0.29, 0.717) is 5.82 Å². The molecule has 3 rings (SSSR count). The monoisotopic (exact) mass is 244 g/mol. The molecule has 0 bridgehead atoms. The molecule has 1 aliphatic heterocycles. The number of aromatic nitrogens is 3. The molecule has 3 N–H and O–H groups in total. The first kappa shape index (κ1) is 11.2. The van der Waals surface area contributed by atoms with Crippen LogP contribution < -0.4 is 5.73 Å². The van der Waals surface area contributed by atoms with Crippen molar-refractivity contribution in [2.24, 2.45) is 0 Å². The highest BCUT2D eigenvalue weighted by molar-refractivity contribution is 5.64. The maximum atomic E-state index is 5.67. The van der Waals surface area contributed by atoms with E-state index in [-0.39, 0.29) is 6.10 Å². The largest absolute Gasteiger partial charge is 0.384 e. The lowest BCUT2D eigenvalue weighted by atomic mass is 10.0. The Balaban J connectivity index is 2.01. The Kier molecular flexibility index (Phi) is 2.76. The molecule has 0 saturated heterocycles. The predicted octanol–water partition coefficient (Wildman–Crippen LogP) is 1.56. The molecule has 1 atom stereocenters. The summed E-state index contributed by atoms with van der Waals surface area (Å²) >= 11 is 0. The second-order valence-electron chi connectivity index (χ2n) is 4.64. The lowest BCUT2D eigenvalue weighted by Gasteiger charge is -2.06. The molecule has 18 heavy (non-hydrogen) atoms. The van der Waals surface area contributed by atoms with Gasteiger partial charge in [0, 0.05) is 29.4 Å². The first-order valence-electron chi connectivity index (χ1n) is 6.13. The second kappa shape index (κ2) is 4.42. The number of nitrogens with two attached hydrogens (primary N) is 1. The van der Waals surface area contributed by atoms with Gasteiger partial charge in [-0.25, -0.2) is 4.98 Å². The van der Waals surface area contributed by atoms with E-state index < -0.39 is 0 Å². The van der Waals surface area contributed by atoms with Gasteiger partial charge in [0.05, 0.1) is 18.4 Å². The van der Waals surface area contributed by atoms with Crippen LogP contribution >= 0.6 is 0 Å². The van der Waals surface area contributed by atoms with Crippen molar-refractivity contribution in [1.82, 2.24) is 15.2 Å². The van der Waals surface area contributed by atoms with Gasteiger partial charge in [-0.15, -0.1) is 0 Å². The summed E-state index contributed by atoms with van der Waals surface area (Å²) < 4.78 is 5.67. The first-order chi connectivity index (χ1) is 8.74. The first-order valence-corrected chi connectivity index (χ1v) is 6.13. The molecule has 0 radical (unpaired) electrons. The van der Waals surface area contributed by atoms with Crippen molar-refractivity contribution in [2.75, 3.05) is 12.3 Å². The highest BCUT2D eigenvalue weighted by atomic mass is 16.5. The molecule has 5 nitrogen and oxygen atoms in total. The summed E-state index contributed by atoms with van der Waals surface area (Å²) in [7, 11) is 0. The van der Waals surface area contributed by atoms with Gasteiger partial charge in [-0.05, 0) is 25.5 Å². The van der Waals surface area contributed by atoms with Crippen LogP contribution in [0.15, 0.2) is 18.3 Å². The molecular formula is C13H16N4O. The second-order valence-corrected chi connectivity index (χ2v) is 4.64. The van der Waals surface area contributed by atoms with Crippen LogP contribution in [0.3, 0.4) is 0 Å². The van der Waals surface area contributed by atoms with E-state index in [9.17, 15) is 0 Å². The number of anilines is 1. The summed E-state index contributed by atoms with van der Waals surface area (Å²) in [5.74, 6) is 0.525. The molecule has 0 aromatic carbocycles. The predicted molar refractivity (Wildman–Crippen MR) is 69.1 cm³/mol. The Labute approximate surface area is 105 Å². The molecule has 0 spiro atoms. The van der Waals surface area contributed by atoms with Crippen LogP contribution in [0.5, 0.6) is 0 Å². The van der Waals surface area contributed by atoms with Crippen LogP contribution in [0.25, 0.3) is 11.3 Å². The molecule has 5 heteroatoms. The molecular weight excluding hydrogens is 228 g/mol. The van der Waals surface area contributed by atoms with Gasteiger partial charge in [0.15, 0.2) is 0 Å². The van der Waals surface area contributed by atoms with Gasteiger partial charge in [0.25, 0.3) is 0 Å². The SMILES string of the molecule is C[C@@H]1Cc2[nH]nc(-c3ccc(N)nc3)c2CCO1. The third-order valence-electron chi connectivity index (χ3n) is 3.26. The number of rotatable bonds is 1. The number of fused-ring (bicyclic) bond motifs is 1. The van der Waals surface area contributed by atoms with Crippen molar-refractivity contribution in [3.63, 3.8) is 0 Å². The Bertz CT molecular complexity index is 547. The average molecular weight is 244 g/mol. The number of pyridine rings is 1. The summed E-state index contributed by atoms with van der Waals surface area (Å²) in [4.78, 5) is 4.12. The van der Waals surface area contributed by atoms with Gasteiger partial charge in [0.1, 0.15) is 5.82 Å². The zero-order chi connectivity index (χ0) is 12.5. The Morgan fingerprint density at radius 2 is 2.33 bits per heavy atom. The third-order valence-corrected chi connectivity index (χ3v) is 3.26. The van der Waals surface area contributed by atoms with Crippen LogP contribution in [0.1, 0.15) is 18.2 Å². The molecule has 3 heterocycles. The van der Waals surface area contributed by atoms with E-state index >= 15 is 0 Å². The summed E-state index contributed by atoms with van der Waals surface area (Å²) in [6, 6.07) is 3.75. The fraction of sp³-hybridized carbons (Fsp3) is 0.385. The lowest BCUT2D eigenvalue weighted by Crippen LogP contribution is -2.10. The zero-order valence-corrected chi connectivity index (χ0v) is 10.3. The summed E-state index contributed by atoms with van der Waals surface area (Å²) in [5.41, 5.74) is 9.98. The van der Waals surface area contributed by atoms with Crippen LogP contribution in [-0.2, 0) is 17.6 Å². The molecule has 0 fully saturated rings. The van der Waals surface area contributed by atoms with Crippen molar-refractivity contribution in [3.8, 4) is 11.3 Å². The Morgan fingerprint density at radius 1 is 1.44 bits per heavy atom. The number of aromatic amines is 1. The van der Waals surface area contributed by atoms with Gasteiger partial charge in [-0.2, -0.15) is 5.10 Å². The fourth-order valence-electron chi connectivity index (χ4n) is 2.33. The van der Waals surface area contributed by atoms with Crippen molar-refractivity contribution in [2.45, 2.75) is 25.9 Å². The molecule has 2 aromatic rings. The number of hydrogen-bond acceptors (Lipinski definition) is 4. The molecule has 0 amide bonds. The smallest absolute Gasteiger partial charge is 0.123 e. The lowest BCUT2D eigenvalue weighted by molar-refractivity contribution is 0.0737. The minimum absolute atomic E-state index is 0.240. The standard InChI is InChI=1S/C13H16N4O/c1-8-6-11-10(4-5-18-8)13(17-16-11)9-2-3-12(14)15-7-9/h2-3,7-8H,4-6H2,1H3,(H2,14,15)(H,16,17)/t8-/m1/s1. The van der Waals surface area contributed by atoms with Gasteiger partial charge in [0.2, 0.25) is 0 Å². The zero-order valence-electron chi connectivity index (χ0n) is 10.3. The highest BCUT2D eigenvalue weighted by Gasteiger charge is 2.20. The molecule has 2 aromatic heterocycles. The van der Waals surface area contributed by atoms with E-state index in [1.165, 1.54) is 11.3 Å². The summed E-state index contributed by atoms with van der Waals surface area (Å²) in [5, 5.41) is 7.53. The summed E-state index contributed by atoms with van der Waals surface area (Å²) in [6.07, 6.45) is 3.77. The normalized spacial score (nSPS) is 19.3.